The van der Waals surface area contributed by atoms with Crippen LogP contribution in [0.2, 0.25) is 0 Å². The van der Waals surface area contributed by atoms with E-state index in [0.717, 1.165) is 57.8 Å². The first-order chi connectivity index (χ1) is 21.5. The maximum Gasteiger partial charge on any atom is 0.322 e. The number of aliphatic carboxylic acids is 1. The Morgan fingerprint density at radius 1 is 0.591 bits per heavy atom. The summed E-state index contributed by atoms with van der Waals surface area (Å²) in [5.74, 6) is -1.34. The van der Waals surface area contributed by atoms with Gasteiger partial charge in [-0.3, -0.25) is 14.4 Å². The standard InChI is InChI=1S/C38H69NO5/c1-3-5-7-9-10-11-12-13-14-15-16-17-18-19-20-21-23-29-33-38(43)44-35(30-26-22-8-6-4-2)31-27-24-25-28-32-36(40)39-34-37(41)42/h14-15,26,30,35H,3-13,16-25,27-29,31-34H2,1-2H3,(H,39,40)(H,41,42)/b15-14-,30-26-. The molecular weight excluding hydrogens is 550 g/mol. The van der Waals surface area contributed by atoms with Crippen LogP contribution in [-0.2, 0) is 19.1 Å². The minimum absolute atomic E-state index is 0.0911. The highest BCUT2D eigenvalue weighted by molar-refractivity contribution is 5.80. The molecule has 0 fully saturated rings. The van der Waals surface area contributed by atoms with Gasteiger partial charge in [-0.15, -0.1) is 0 Å². The third kappa shape index (κ3) is 32.8. The molecule has 256 valence electrons. The normalized spacial score (nSPS) is 12.2. The fourth-order valence-corrected chi connectivity index (χ4v) is 5.30. The monoisotopic (exact) mass is 620 g/mol. The van der Waals surface area contributed by atoms with Gasteiger partial charge in [-0.1, -0.05) is 128 Å². The number of carbonyl (C=O) groups excluding carboxylic acids is 2. The van der Waals surface area contributed by atoms with Crippen molar-refractivity contribution >= 4 is 17.8 Å². The van der Waals surface area contributed by atoms with E-state index >= 15 is 0 Å². The SMILES string of the molecule is CCCCC/C=C\C(CCCCCCC(=O)NCC(=O)O)OC(=O)CCCCCCCCC/C=C\CCCCCCCCC. The fraction of sp³-hybridized carbons (Fsp3) is 0.816. The zero-order chi connectivity index (χ0) is 32.4. The second kappa shape index (κ2) is 33.8. The Bertz CT molecular complexity index is 733. The number of rotatable bonds is 33. The number of esters is 1. The van der Waals surface area contributed by atoms with Crippen LogP contribution < -0.4 is 5.32 Å². The molecule has 0 radical (unpaired) electrons. The second-order valence-electron chi connectivity index (χ2n) is 12.5. The van der Waals surface area contributed by atoms with Gasteiger partial charge in [-0.2, -0.15) is 0 Å². The van der Waals surface area contributed by atoms with Gasteiger partial charge in [-0.05, 0) is 70.3 Å². The van der Waals surface area contributed by atoms with Crippen LogP contribution in [0, 0.1) is 0 Å². The topological polar surface area (TPSA) is 92.7 Å². The summed E-state index contributed by atoms with van der Waals surface area (Å²) >= 11 is 0. The third-order valence-electron chi connectivity index (χ3n) is 8.08. The van der Waals surface area contributed by atoms with Gasteiger partial charge in [0, 0.05) is 12.8 Å². The van der Waals surface area contributed by atoms with Crippen LogP contribution in [0.15, 0.2) is 24.3 Å². The molecule has 0 aliphatic rings. The first-order valence-corrected chi connectivity index (χ1v) is 18.5. The van der Waals surface area contributed by atoms with Crippen molar-refractivity contribution in [3.05, 3.63) is 24.3 Å². The van der Waals surface area contributed by atoms with Crippen LogP contribution in [0.3, 0.4) is 0 Å². The van der Waals surface area contributed by atoms with Crippen LogP contribution in [-0.4, -0.2) is 35.6 Å². The Morgan fingerprint density at radius 2 is 1.05 bits per heavy atom. The lowest BCUT2D eigenvalue weighted by atomic mass is 10.1. The fourth-order valence-electron chi connectivity index (χ4n) is 5.30. The Hall–Kier alpha value is -2.11. The van der Waals surface area contributed by atoms with E-state index in [9.17, 15) is 14.4 Å². The molecule has 1 amide bonds. The summed E-state index contributed by atoms with van der Waals surface area (Å²) in [6.07, 6.45) is 39.0. The summed E-state index contributed by atoms with van der Waals surface area (Å²) in [5, 5.41) is 11.0. The lowest BCUT2D eigenvalue weighted by Gasteiger charge is -2.15. The maximum atomic E-state index is 12.5. The minimum atomic E-state index is -1.03. The number of hydrogen-bond donors (Lipinski definition) is 2. The first kappa shape index (κ1) is 41.9. The van der Waals surface area contributed by atoms with Gasteiger partial charge in [0.15, 0.2) is 0 Å². The summed E-state index contributed by atoms with van der Waals surface area (Å²) in [5.41, 5.74) is 0. The van der Waals surface area contributed by atoms with E-state index in [4.69, 9.17) is 9.84 Å². The van der Waals surface area contributed by atoms with E-state index in [-0.39, 0.29) is 24.5 Å². The number of amides is 1. The van der Waals surface area contributed by atoms with Crippen molar-refractivity contribution in [1.82, 2.24) is 5.32 Å². The zero-order valence-electron chi connectivity index (χ0n) is 28.8. The molecule has 0 rings (SSSR count). The van der Waals surface area contributed by atoms with Crippen molar-refractivity contribution in [3.63, 3.8) is 0 Å². The van der Waals surface area contributed by atoms with Crippen LogP contribution in [0.5, 0.6) is 0 Å². The Balaban J connectivity index is 3.93. The second-order valence-corrected chi connectivity index (χ2v) is 12.5. The molecule has 0 aliphatic carbocycles. The lowest BCUT2D eigenvalue weighted by Crippen LogP contribution is -2.28. The molecule has 2 N–H and O–H groups in total. The smallest absolute Gasteiger partial charge is 0.322 e. The van der Waals surface area contributed by atoms with Crippen LogP contribution in [0.4, 0.5) is 0 Å². The highest BCUT2D eigenvalue weighted by Gasteiger charge is 2.12. The average Bonchev–Trinajstić information content (AvgIpc) is 3.00. The Labute approximate surface area is 271 Å². The highest BCUT2D eigenvalue weighted by Crippen LogP contribution is 2.15. The number of ether oxygens (including phenoxy) is 1. The summed E-state index contributed by atoms with van der Waals surface area (Å²) in [6.45, 7) is 4.14. The Morgan fingerprint density at radius 3 is 1.64 bits per heavy atom. The third-order valence-corrected chi connectivity index (χ3v) is 8.08. The van der Waals surface area contributed by atoms with E-state index in [0.29, 0.717) is 12.8 Å². The van der Waals surface area contributed by atoms with Gasteiger partial charge in [0.1, 0.15) is 12.6 Å². The molecule has 0 aromatic carbocycles. The minimum Gasteiger partial charge on any atom is -0.480 e. The quantitative estimate of drug-likeness (QED) is 0.0433. The van der Waals surface area contributed by atoms with Crippen LogP contribution in [0.1, 0.15) is 187 Å². The van der Waals surface area contributed by atoms with Crippen molar-refractivity contribution in [2.75, 3.05) is 6.54 Å². The molecule has 0 spiro atoms. The molecule has 0 aromatic rings. The summed E-state index contributed by atoms with van der Waals surface area (Å²) in [6, 6.07) is 0. The molecule has 0 bridgehead atoms. The molecule has 0 saturated heterocycles. The molecule has 0 saturated carbocycles. The lowest BCUT2D eigenvalue weighted by molar-refractivity contribution is -0.147. The van der Waals surface area contributed by atoms with Crippen LogP contribution in [0.25, 0.3) is 0 Å². The van der Waals surface area contributed by atoms with Crippen molar-refractivity contribution in [2.24, 2.45) is 0 Å². The maximum absolute atomic E-state index is 12.5. The van der Waals surface area contributed by atoms with Gasteiger partial charge in [-0.25, -0.2) is 0 Å². The van der Waals surface area contributed by atoms with E-state index in [1.165, 1.54) is 103 Å². The predicted molar refractivity (Wildman–Crippen MR) is 185 cm³/mol. The van der Waals surface area contributed by atoms with Gasteiger partial charge < -0.3 is 15.2 Å². The van der Waals surface area contributed by atoms with Crippen molar-refractivity contribution in [1.29, 1.82) is 0 Å². The predicted octanol–water partition coefficient (Wildman–Crippen LogP) is 10.8. The Kier molecular flexibility index (Phi) is 32.2. The summed E-state index contributed by atoms with van der Waals surface area (Å²) < 4.78 is 5.84. The largest absolute Gasteiger partial charge is 0.480 e. The zero-order valence-corrected chi connectivity index (χ0v) is 28.8. The molecule has 0 heterocycles. The number of carboxylic acid groups (broad SMARTS) is 1. The molecule has 44 heavy (non-hydrogen) atoms. The molecule has 6 heteroatoms. The summed E-state index contributed by atoms with van der Waals surface area (Å²) in [4.78, 5) is 34.7. The van der Waals surface area contributed by atoms with Crippen molar-refractivity contribution < 1.29 is 24.2 Å². The highest BCUT2D eigenvalue weighted by atomic mass is 16.5. The number of hydrogen-bond acceptors (Lipinski definition) is 4. The van der Waals surface area contributed by atoms with E-state index in [1.54, 1.807) is 0 Å². The van der Waals surface area contributed by atoms with Gasteiger partial charge >= 0.3 is 11.9 Å². The van der Waals surface area contributed by atoms with Crippen LogP contribution >= 0.6 is 0 Å². The summed E-state index contributed by atoms with van der Waals surface area (Å²) in [7, 11) is 0. The average molecular weight is 620 g/mol. The number of carbonyl (C=O) groups is 3. The number of nitrogens with one attached hydrogen (secondary N) is 1. The number of allylic oxidation sites excluding steroid dienone is 3. The van der Waals surface area contributed by atoms with Crippen molar-refractivity contribution in [2.45, 2.75) is 193 Å². The van der Waals surface area contributed by atoms with Crippen molar-refractivity contribution in [3.8, 4) is 0 Å². The molecule has 1 unspecified atom stereocenters. The number of unbranched alkanes of at least 4 members (excludes halogenated alkanes) is 20. The van der Waals surface area contributed by atoms with Gasteiger partial charge in [0.2, 0.25) is 5.91 Å². The van der Waals surface area contributed by atoms with E-state index in [1.807, 2.05) is 0 Å². The molecular formula is C38H69NO5. The van der Waals surface area contributed by atoms with E-state index < -0.39 is 5.97 Å². The van der Waals surface area contributed by atoms with Gasteiger partial charge in [0.25, 0.3) is 0 Å². The van der Waals surface area contributed by atoms with E-state index in [2.05, 4.69) is 43.5 Å². The first-order valence-electron chi connectivity index (χ1n) is 18.5. The molecule has 0 aromatic heterocycles. The molecule has 6 nitrogen and oxygen atoms in total. The van der Waals surface area contributed by atoms with Gasteiger partial charge in [0.05, 0.1) is 0 Å². The molecule has 0 aliphatic heterocycles. The number of carboxylic acids is 1. The molecule has 1 atom stereocenters.